The molecule has 0 bridgehead atoms. The van der Waals surface area contributed by atoms with Crippen molar-refractivity contribution in [3.63, 3.8) is 0 Å². The zero-order chi connectivity index (χ0) is 31.0. The summed E-state index contributed by atoms with van der Waals surface area (Å²) in [4.78, 5) is 5.99. The third kappa shape index (κ3) is 6.15. The molecule has 0 radical (unpaired) electrons. The number of likely N-dealkylation sites (N-methyl/N-ethyl adjacent to an activating group) is 1. The summed E-state index contributed by atoms with van der Waals surface area (Å²) < 4.78 is 44.0. The predicted molar refractivity (Wildman–Crippen MR) is 164 cm³/mol. The van der Waals surface area contributed by atoms with Crippen LogP contribution in [0.4, 0.5) is 30.2 Å². The molecule has 5 aromatic rings. The number of hydrogen-bond acceptors (Lipinski definition) is 7. The van der Waals surface area contributed by atoms with Crippen LogP contribution in [0.2, 0.25) is 10.0 Å². The Morgan fingerprint density at radius 2 is 1.84 bits per heavy atom. The van der Waals surface area contributed by atoms with Crippen LogP contribution in [0.15, 0.2) is 73.1 Å². The van der Waals surface area contributed by atoms with Gasteiger partial charge in [0.1, 0.15) is 17.6 Å². The maximum atomic E-state index is 14.4. The van der Waals surface area contributed by atoms with Crippen LogP contribution in [0.5, 0.6) is 0 Å². The molecule has 8 nitrogen and oxygen atoms in total. The first-order valence-electron chi connectivity index (χ1n) is 13.6. The first-order valence-corrected chi connectivity index (χ1v) is 14.4. The van der Waals surface area contributed by atoms with Gasteiger partial charge in [-0.1, -0.05) is 58.7 Å². The number of fused-ring (bicyclic) bond motifs is 1. The van der Waals surface area contributed by atoms with Crippen molar-refractivity contribution in [1.82, 2.24) is 24.9 Å². The topological polar surface area (TPSA) is 94.7 Å². The van der Waals surface area contributed by atoms with Crippen molar-refractivity contribution in [2.24, 2.45) is 0 Å². The largest absolute Gasteiger partial charge is 0.373 e. The lowest BCUT2D eigenvalue weighted by Gasteiger charge is -2.35. The van der Waals surface area contributed by atoms with E-state index < -0.39 is 23.8 Å². The molecule has 1 aliphatic heterocycles. The van der Waals surface area contributed by atoms with Gasteiger partial charge in [0.2, 0.25) is 0 Å². The second-order valence-corrected chi connectivity index (χ2v) is 11.6. The normalized spacial score (nSPS) is 17.2. The van der Waals surface area contributed by atoms with E-state index in [4.69, 9.17) is 23.2 Å². The molecule has 2 atom stereocenters. The Labute approximate surface area is 261 Å². The van der Waals surface area contributed by atoms with Gasteiger partial charge < -0.3 is 10.6 Å². The maximum absolute atomic E-state index is 14.4. The van der Waals surface area contributed by atoms with Crippen molar-refractivity contribution in [1.29, 1.82) is 5.26 Å². The molecule has 2 N–H and O–H groups in total. The van der Waals surface area contributed by atoms with Crippen LogP contribution in [0.3, 0.4) is 0 Å². The van der Waals surface area contributed by atoms with Crippen LogP contribution in [-0.2, 0) is 0 Å². The highest BCUT2D eigenvalue weighted by Crippen LogP contribution is 2.38. The number of rotatable bonds is 7. The summed E-state index contributed by atoms with van der Waals surface area (Å²) in [5.74, 6) is -3.40. The van der Waals surface area contributed by atoms with Gasteiger partial charge in [-0.15, -0.1) is 5.10 Å². The van der Waals surface area contributed by atoms with E-state index in [0.717, 1.165) is 5.56 Å². The zero-order valence-electron chi connectivity index (χ0n) is 23.3. The molecule has 3 aromatic carbocycles. The highest BCUT2D eigenvalue weighted by molar-refractivity contribution is 6.36. The van der Waals surface area contributed by atoms with E-state index in [1.54, 1.807) is 30.3 Å². The van der Waals surface area contributed by atoms with Crippen LogP contribution < -0.4 is 10.6 Å². The first-order chi connectivity index (χ1) is 21.1. The van der Waals surface area contributed by atoms with Crippen LogP contribution >= 0.6 is 23.2 Å². The third-order valence-corrected chi connectivity index (χ3v) is 8.01. The van der Waals surface area contributed by atoms with E-state index >= 15 is 0 Å². The molecule has 1 saturated heterocycles. The molecule has 6 rings (SSSR count). The van der Waals surface area contributed by atoms with E-state index in [2.05, 4.69) is 32.0 Å². The fourth-order valence-corrected chi connectivity index (χ4v) is 5.94. The summed E-state index contributed by atoms with van der Waals surface area (Å²) in [5, 5.41) is 25.9. The lowest BCUT2D eigenvalue weighted by Crippen LogP contribution is -2.45. The minimum absolute atomic E-state index is 0.0744. The lowest BCUT2D eigenvalue weighted by atomic mass is 10.0. The average molecular weight is 637 g/mol. The number of hydrogen-bond donors (Lipinski definition) is 2. The summed E-state index contributed by atoms with van der Waals surface area (Å²) in [6, 6.07) is 18.2. The van der Waals surface area contributed by atoms with Gasteiger partial charge in [0, 0.05) is 35.9 Å². The molecule has 44 heavy (non-hydrogen) atoms. The van der Waals surface area contributed by atoms with Gasteiger partial charge in [0.05, 0.1) is 51.6 Å². The molecule has 224 valence electrons. The molecule has 1 aliphatic rings. The molecule has 3 heterocycles. The molecule has 0 aliphatic carbocycles. The quantitative estimate of drug-likeness (QED) is 0.190. The van der Waals surface area contributed by atoms with E-state index in [-0.39, 0.29) is 23.6 Å². The molecule has 0 saturated carbocycles. The van der Waals surface area contributed by atoms with Crippen LogP contribution in [0, 0.1) is 17.1 Å². The summed E-state index contributed by atoms with van der Waals surface area (Å²) in [6.45, 7) is 0.126. The van der Waals surface area contributed by atoms with Crippen molar-refractivity contribution in [2.75, 3.05) is 30.8 Å². The maximum Gasteiger partial charge on any atom is 0.262 e. The van der Waals surface area contributed by atoms with Crippen molar-refractivity contribution >= 4 is 51.2 Å². The van der Waals surface area contributed by atoms with E-state index in [1.807, 2.05) is 30.3 Å². The highest BCUT2D eigenvalue weighted by Gasteiger charge is 2.40. The molecule has 2 unspecified atom stereocenters. The number of likely N-dealkylation sites (tertiary alicyclic amines) is 1. The Bertz CT molecular complexity index is 1880. The van der Waals surface area contributed by atoms with Gasteiger partial charge in [0.25, 0.3) is 5.92 Å². The molecule has 1 fully saturated rings. The summed E-state index contributed by atoms with van der Waals surface area (Å²) in [7, 11) is 1.66. The van der Waals surface area contributed by atoms with Crippen LogP contribution in [0.1, 0.15) is 35.3 Å². The van der Waals surface area contributed by atoms with E-state index in [0.29, 0.717) is 45.2 Å². The standard InChI is InChI=1S/C31H25Cl2F3N8/c1-43-15-22(12-31(35,36)17-43)44-16-27(41-42-44)29(18-5-3-2-4-6-18)40-21-9-23-28(39-20-7-8-26(34)24(32)10-20)19(13-37)14-38-30(23)25(33)11-21/h2-11,14,16,22,29,40H,12,15,17H2,1H3,(H,38,39). The van der Waals surface area contributed by atoms with Gasteiger partial charge in [-0.3, -0.25) is 9.88 Å². The molecular formula is C31H25Cl2F3N8. The van der Waals surface area contributed by atoms with Crippen molar-refractivity contribution in [2.45, 2.75) is 24.4 Å². The number of benzene rings is 3. The lowest BCUT2D eigenvalue weighted by molar-refractivity contribution is -0.0763. The molecule has 0 spiro atoms. The SMILES string of the molecule is CN1CC(n2cc(C(Nc3cc(Cl)c4ncc(C#N)c(Nc5ccc(F)c(Cl)c5)c4c3)c3ccccc3)nn2)CC(F)(F)C1. The molecule has 2 aromatic heterocycles. The average Bonchev–Trinajstić information content (AvgIpc) is 3.48. The highest BCUT2D eigenvalue weighted by atomic mass is 35.5. The number of piperidine rings is 1. The smallest absolute Gasteiger partial charge is 0.262 e. The second-order valence-electron chi connectivity index (χ2n) is 10.8. The number of nitriles is 1. The van der Waals surface area contributed by atoms with Crippen LogP contribution in [-0.4, -0.2) is 50.9 Å². The third-order valence-electron chi connectivity index (χ3n) is 7.43. The minimum Gasteiger partial charge on any atom is -0.373 e. The summed E-state index contributed by atoms with van der Waals surface area (Å²) >= 11 is 12.7. The first kappa shape index (κ1) is 29.7. The van der Waals surface area contributed by atoms with Gasteiger partial charge >= 0.3 is 0 Å². The van der Waals surface area contributed by atoms with Crippen molar-refractivity contribution in [3.8, 4) is 6.07 Å². The fourth-order valence-electron chi connectivity index (χ4n) is 5.49. The monoisotopic (exact) mass is 636 g/mol. The zero-order valence-corrected chi connectivity index (χ0v) is 24.8. The molecule has 13 heteroatoms. The number of nitrogens with zero attached hydrogens (tertiary/aromatic N) is 6. The van der Waals surface area contributed by atoms with Gasteiger partial charge in [-0.25, -0.2) is 17.9 Å². The van der Waals surface area contributed by atoms with E-state index in [9.17, 15) is 18.4 Å². The molecule has 0 amide bonds. The van der Waals surface area contributed by atoms with Crippen LogP contribution in [0.25, 0.3) is 10.9 Å². The fraction of sp³-hybridized carbons (Fsp3) is 0.226. The Morgan fingerprint density at radius 1 is 1.07 bits per heavy atom. The number of pyridine rings is 1. The summed E-state index contributed by atoms with van der Waals surface area (Å²) in [6.07, 6.45) is 2.77. The predicted octanol–water partition coefficient (Wildman–Crippen LogP) is 7.60. The van der Waals surface area contributed by atoms with Gasteiger partial charge in [-0.05, 0) is 42.9 Å². The number of aromatic nitrogens is 4. The minimum atomic E-state index is -2.83. The Kier molecular flexibility index (Phi) is 8.07. The second kappa shape index (κ2) is 12.0. The Morgan fingerprint density at radius 3 is 2.57 bits per heavy atom. The van der Waals surface area contributed by atoms with Gasteiger partial charge in [0.15, 0.2) is 0 Å². The summed E-state index contributed by atoms with van der Waals surface area (Å²) in [5.41, 5.74) is 3.51. The number of alkyl halides is 2. The van der Waals surface area contributed by atoms with E-state index in [1.165, 1.54) is 29.1 Å². The number of halogens is 5. The number of nitrogens with one attached hydrogen (secondary N) is 2. The van der Waals surface area contributed by atoms with Crippen molar-refractivity contribution < 1.29 is 13.2 Å². The Hall–Kier alpha value is -4.37. The van der Waals surface area contributed by atoms with Crippen molar-refractivity contribution in [3.05, 3.63) is 106 Å². The Balaban J connectivity index is 1.39. The molecular weight excluding hydrogens is 612 g/mol. The number of anilines is 3. The van der Waals surface area contributed by atoms with Gasteiger partial charge in [-0.2, -0.15) is 5.26 Å².